The molecule has 0 saturated carbocycles. The van der Waals surface area contributed by atoms with Crippen molar-refractivity contribution in [3.63, 3.8) is 0 Å². The van der Waals surface area contributed by atoms with Crippen molar-refractivity contribution in [3.05, 3.63) is 26.6 Å². The fourth-order valence-electron chi connectivity index (χ4n) is 3.24. The van der Waals surface area contributed by atoms with E-state index in [1.807, 2.05) is 6.92 Å². The van der Waals surface area contributed by atoms with E-state index in [0.717, 1.165) is 29.5 Å². The van der Waals surface area contributed by atoms with E-state index in [1.165, 1.54) is 23.3 Å². The number of aromatic nitrogens is 2. The Kier molecular flexibility index (Phi) is 5.30. The van der Waals surface area contributed by atoms with Crippen LogP contribution in [0.4, 0.5) is 0 Å². The summed E-state index contributed by atoms with van der Waals surface area (Å²) >= 11 is 1.61. The number of amides is 1. The van der Waals surface area contributed by atoms with Gasteiger partial charge in [-0.2, -0.15) is 0 Å². The molecule has 6 nitrogen and oxygen atoms in total. The molecule has 3 rings (SSSR count). The molecule has 0 unspecified atom stereocenters. The van der Waals surface area contributed by atoms with E-state index >= 15 is 0 Å². The highest BCUT2D eigenvalue weighted by molar-refractivity contribution is 7.18. The lowest BCUT2D eigenvalue weighted by atomic mass is 10.1. The predicted octanol–water partition coefficient (Wildman–Crippen LogP) is 1.95. The Hall–Kier alpha value is -1.73. The second-order valence-electron chi connectivity index (χ2n) is 6.36. The van der Waals surface area contributed by atoms with Crippen LogP contribution in [0.5, 0.6) is 0 Å². The zero-order chi connectivity index (χ0) is 17.1. The number of fused-ring (bicyclic) bond motifs is 3. The summed E-state index contributed by atoms with van der Waals surface area (Å²) in [5.41, 5.74) is 1.05. The van der Waals surface area contributed by atoms with Crippen LogP contribution in [0.25, 0.3) is 10.2 Å². The molecule has 2 aromatic rings. The summed E-state index contributed by atoms with van der Waals surface area (Å²) in [6, 6.07) is -0.0734. The number of nitrogens with zero attached hydrogens (tertiary/aromatic N) is 1. The van der Waals surface area contributed by atoms with Gasteiger partial charge in [0.05, 0.1) is 18.4 Å². The van der Waals surface area contributed by atoms with Crippen molar-refractivity contribution < 1.29 is 9.53 Å². The van der Waals surface area contributed by atoms with Crippen molar-refractivity contribution in [2.24, 2.45) is 0 Å². The lowest BCUT2D eigenvalue weighted by Gasteiger charge is -2.12. The van der Waals surface area contributed by atoms with Crippen LogP contribution in [0.15, 0.2) is 4.79 Å². The quantitative estimate of drug-likeness (QED) is 0.808. The first-order valence-electron chi connectivity index (χ1n) is 8.40. The first kappa shape index (κ1) is 17.1. The number of thiophene rings is 1. The molecule has 1 atom stereocenters. The van der Waals surface area contributed by atoms with Gasteiger partial charge >= 0.3 is 0 Å². The number of H-pyrrole nitrogens is 1. The van der Waals surface area contributed by atoms with Crippen molar-refractivity contribution in [2.45, 2.75) is 51.5 Å². The number of rotatable bonds is 5. The molecule has 0 bridgehead atoms. The second-order valence-corrected chi connectivity index (χ2v) is 7.44. The summed E-state index contributed by atoms with van der Waals surface area (Å²) in [5, 5.41) is 3.56. The van der Waals surface area contributed by atoms with Crippen LogP contribution in [0.2, 0.25) is 0 Å². The SMILES string of the molecule is COC[C@H](C)NC(=O)Cc1nc2sc3c(c2c(=O)[nH]1)CCCCC3. The summed E-state index contributed by atoms with van der Waals surface area (Å²) in [6.07, 6.45) is 5.56. The topological polar surface area (TPSA) is 84.1 Å². The Bertz CT molecular complexity index is 796. The van der Waals surface area contributed by atoms with Gasteiger partial charge in [-0.3, -0.25) is 9.59 Å². The summed E-state index contributed by atoms with van der Waals surface area (Å²) < 4.78 is 5.00. The van der Waals surface area contributed by atoms with Crippen molar-refractivity contribution in [1.29, 1.82) is 0 Å². The van der Waals surface area contributed by atoms with Gasteiger partial charge in [0.15, 0.2) is 0 Å². The second kappa shape index (κ2) is 7.44. The van der Waals surface area contributed by atoms with Gasteiger partial charge < -0.3 is 15.0 Å². The van der Waals surface area contributed by atoms with Crippen LogP contribution in [0.3, 0.4) is 0 Å². The zero-order valence-corrected chi connectivity index (χ0v) is 14.9. The van der Waals surface area contributed by atoms with E-state index < -0.39 is 0 Å². The highest BCUT2D eigenvalue weighted by Crippen LogP contribution is 2.32. The Balaban J connectivity index is 1.83. The molecule has 0 aromatic carbocycles. The number of hydrogen-bond acceptors (Lipinski definition) is 5. The maximum Gasteiger partial charge on any atom is 0.259 e. The first-order chi connectivity index (χ1) is 11.6. The van der Waals surface area contributed by atoms with Gasteiger partial charge in [-0.05, 0) is 38.2 Å². The first-order valence-corrected chi connectivity index (χ1v) is 9.22. The standard InChI is InChI=1S/C17H23N3O3S/c1-10(9-23-2)18-14(21)8-13-19-16(22)15-11-6-4-3-5-7-12(11)24-17(15)20-13/h10H,3-9H2,1-2H3,(H,18,21)(H,19,20,22)/t10-/m0/s1. The fraction of sp³-hybridized carbons (Fsp3) is 0.588. The highest BCUT2D eigenvalue weighted by atomic mass is 32.1. The minimum atomic E-state index is -0.167. The number of carbonyl (C=O) groups is 1. The van der Waals surface area contributed by atoms with Crippen LogP contribution in [-0.4, -0.2) is 35.6 Å². The van der Waals surface area contributed by atoms with Crippen LogP contribution in [-0.2, 0) is 28.8 Å². The molecule has 24 heavy (non-hydrogen) atoms. The number of hydrogen-bond donors (Lipinski definition) is 2. The zero-order valence-electron chi connectivity index (χ0n) is 14.1. The van der Waals surface area contributed by atoms with Crippen LogP contribution in [0, 0.1) is 0 Å². The van der Waals surface area contributed by atoms with Crippen molar-refractivity contribution in [2.75, 3.05) is 13.7 Å². The predicted molar refractivity (Wildman–Crippen MR) is 94.7 cm³/mol. The lowest BCUT2D eigenvalue weighted by Crippen LogP contribution is -2.37. The maximum atomic E-state index is 12.5. The third-order valence-electron chi connectivity index (χ3n) is 4.28. The number of aryl methyl sites for hydroxylation is 2. The molecule has 2 heterocycles. The van der Waals surface area contributed by atoms with E-state index in [-0.39, 0.29) is 23.9 Å². The van der Waals surface area contributed by atoms with E-state index in [9.17, 15) is 9.59 Å². The van der Waals surface area contributed by atoms with E-state index in [2.05, 4.69) is 15.3 Å². The minimum Gasteiger partial charge on any atom is -0.383 e. The molecule has 1 aliphatic rings. The molecule has 0 spiro atoms. The molecule has 1 amide bonds. The fourth-order valence-corrected chi connectivity index (χ4v) is 4.52. The van der Waals surface area contributed by atoms with E-state index in [1.54, 1.807) is 18.4 Å². The van der Waals surface area contributed by atoms with Gasteiger partial charge in [0.25, 0.3) is 5.56 Å². The van der Waals surface area contributed by atoms with Crippen LogP contribution < -0.4 is 10.9 Å². The van der Waals surface area contributed by atoms with E-state index in [4.69, 9.17) is 4.74 Å². The molecule has 130 valence electrons. The minimum absolute atomic E-state index is 0.0712. The monoisotopic (exact) mass is 349 g/mol. The molecular formula is C17H23N3O3S. The van der Waals surface area contributed by atoms with Gasteiger partial charge in [-0.25, -0.2) is 4.98 Å². The summed E-state index contributed by atoms with van der Waals surface area (Å²) in [5.74, 6) is 0.256. The van der Waals surface area contributed by atoms with E-state index in [0.29, 0.717) is 12.4 Å². The van der Waals surface area contributed by atoms with Gasteiger partial charge in [-0.1, -0.05) is 6.42 Å². The molecule has 1 aliphatic carbocycles. The summed E-state index contributed by atoms with van der Waals surface area (Å²) in [6.45, 7) is 2.32. The summed E-state index contributed by atoms with van der Waals surface area (Å²) in [4.78, 5) is 33.9. The lowest BCUT2D eigenvalue weighted by molar-refractivity contribution is -0.121. The Morgan fingerprint density at radius 3 is 2.96 bits per heavy atom. The number of nitrogens with one attached hydrogen (secondary N) is 2. The number of ether oxygens (including phenoxy) is 1. The van der Waals surface area contributed by atoms with Crippen molar-refractivity contribution in [1.82, 2.24) is 15.3 Å². The average Bonchev–Trinajstić information content (AvgIpc) is 2.70. The summed E-state index contributed by atoms with van der Waals surface area (Å²) in [7, 11) is 1.59. The maximum absolute atomic E-state index is 12.5. The number of methoxy groups -OCH3 is 1. The van der Waals surface area contributed by atoms with Crippen LogP contribution in [0.1, 0.15) is 42.5 Å². The van der Waals surface area contributed by atoms with Crippen molar-refractivity contribution >= 4 is 27.5 Å². The largest absolute Gasteiger partial charge is 0.383 e. The number of aromatic amines is 1. The third kappa shape index (κ3) is 3.67. The molecule has 0 fully saturated rings. The molecule has 0 aliphatic heterocycles. The van der Waals surface area contributed by atoms with Crippen molar-refractivity contribution in [3.8, 4) is 0 Å². The van der Waals surface area contributed by atoms with Crippen LogP contribution >= 0.6 is 11.3 Å². The van der Waals surface area contributed by atoms with Gasteiger partial charge in [0.1, 0.15) is 10.7 Å². The average molecular weight is 349 g/mol. The van der Waals surface area contributed by atoms with Gasteiger partial charge in [-0.15, -0.1) is 11.3 Å². The van der Waals surface area contributed by atoms with Gasteiger partial charge in [0, 0.05) is 18.0 Å². The normalized spacial score (nSPS) is 15.8. The highest BCUT2D eigenvalue weighted by Gasteiger charge is 2.19. The molecular weight excluding hydrogens is 326 g/mol. The molecule has 0 radical (unpaired) electrons. The Morgan fingerprint density at radius 2 is 2.17 bits per heavy atom. The molecule has 2 N–H and O–H groups in total. The smallest absolute Gasteiger partial charge is 0.259 e. The Morgan fingerprint density at radius 1 is 1.38 bits per heavy atom. The van der Waals surface area contributed by atoms with Gasteiger partial charge in [0.2, 0.25) is 5.91 Å². The molecule has 7 heteroatoms. The molecule has 2 aromatic heterocycles. The molecule has 0 saturated heterocycles. The Labute approximate surface area is 144 Å². The third-order valence-corrected chi connectivity index (χ3v) is 5.46. The number of carbonyl (C=O) groups excluding carboxylic acids is 1.